The molecule has 0 aliphatic carbocycles. The fourth-order valence-electron chi connectivity index (χ4n) is 4.17. The maximum absolute atomic E-state index is 12.9. The lowest BCUT2D eigenvalue weighted by Gasteiger charge is -2.23. The van der Waals surface area contributed by atoms with Crippen molar-refractivity contribution >= 4 is 53.2 Å². The second kappa shape index (κ2) is 23.6. The minimum atomic E-state index is -1.66. The van der Waals surface area contributed by atoms with E-state index >= 15 is 0 Å². The molecule has 0 bridgehead atoms. The van der Waals surface area contributed by atoms with Crippen LogP contribution in [-0.4, -0.2) is 160 Å². The van der Waals surface area contributed by atoms with E-state index in [9.17, 15) is 63.6 Å². The summed E-state index contributed by atoms with van der Waals surface area (Å²) in [6.45, 7) is 5.34. The molecule has 0 rings (SSSR count). The van der Waals surface area contributed by atoms with E-state index in [-0.39, 0.29) is 12.3 Å². The van der Waals surface area contributed by atoms with Crippen LogP contribution < -0.4 is 48.3 Å². The predicted octanol–water partition coefficient (Wildman–Crippen LogP) is -7.63. The summed E-state index contributed by atoms with van der Waals surface area (Å²) in [4.78, 5) is 111. The lowest BCUT2D eigenvalue weighted by atomic mass is 10.0. The quantitative estimate of drug-likeness (QED) is 0.0460. The molecule has 23 nitrogen and oxygen atoms in total. The summed E-state index contributed by atoms with van der Waals surface area (Å²) in [5.74, 6) is -9.08. The summed E-state index contributed by atoms with van der Waals surface area (Å²) in [5.41, 5.74) is 5.47. The van der Waals surface area contributed by atoms with Crippen LogP contribution in [0.5, 0.6) is 0 Å². The molecule has 0 saturated carbocycles. The maximum atomic E-state index is 12.9. The molecule has 8 amide bonds. The molecular formula is C30H53N9O14. The number of carboxylic acids is 1. The molecule has 0 aromatic rings. The molecule has 9 atom stereocenters. The van der Waals surface area contributed by atoms with Gasteiger partial charge in [0.05, 0.1) is 50.6 Å². The van der Waals surface area contributed by atoms with Gasteiger partial charge in [-0.15, -0.1) is 0 Å². The number of aliphatic hydroxyl groups is 4. The molecule has 0 aromatic heterocycles. The Morgan fingerprint density at radius 3 is 1.11 bits per heavy atom. The van der Waals surface area contributed by atoms with Crippen molar-refractivity contribution in [1.82, 2.24) is 42.5 Å². The third-order valence-corrected chi connectivity index (χ3v) is 7.10. The topological polar surface area (TPSA) is 377 Å². The Labute approximate surface area is 304 Å². The molecule has 23 heteroatoms. The van der Waals surface area contributed by atoms with Crippen LogP contribution in [0.4, 0.5) is 0 Å². The van der Waals surface area contributed by atoms with Crippen LogP contribution in [0.15, 0.2) is 0 Å². The number of nitrogens with one attached hydrogen (secondary N) is 8. The van der Waals surface area contributed by atoms with Gasteiger partial charge < -0.3 is 73.8 Å². The zero-order chi connectivity index (χ0) is 41.2. The Bertz CT molecular complexity index is 1310. The highest BCUT2D eigenvalue weighted by molar-refractivity contribution is 5.96. The molecular weight excluding hydrogens is 710 g/mol. The maximum Gasteiger partial charge on any atom is 0.328 e. The molecule has 0 aromatic carbocycles. The monoisotopic (exact) mass is 763 g/mol. The van der Waals surface area contributed by atoms with Gasteiger partial charge in [-0.25, -0.2) is 4.79 Å². The minimum absolute atomic E-state index is 0.0719. The molecule has 0 fully saturated rings. The molecule has 0 unspecified atom stereocenters. The third-order valence-electron chi connectivity index (χ3n) is 7.10. The van der Waals surface area contributed by atoms with E-state index in [1.807, 2.05) is 5.32 Å². The molecule has 0 radical (unpaired) electrons. The average molecular weight is 764 g/mol. The van der Waals surface area contributed by atoms with Crippen LogP contribution in [0.25, 0.3) is 0 Å². The first-order valence-corrected chi connectivity index (χ1v) is 16.5. The highest BCUT2D eigenvalue weighted by atomic mass is 16.4. The summed E-state index contributed by atoms with van der Waals surface area (Å²) in [7, 11) is 0. The average Bonchev–Trinajstić information content (AvgIpc) is 3.05. The lowest BCUT2D eigenvalue weighted by Crippen LogP contribution is -2.57. The van der Waals surface area contributed by atoms with Gasteiger partial charge >= 0.3 is 5.97 Å². The van der Waals surface area contributed by atoms with Crippen molar-refractivity contribution in [3.8, 4) is 0 Å². The Hall–Kier alpha value is -4.97. The van der Waals surface area contributed by atoms with Gasteiger partial charge in [0.1, 0.15) is 24.2 Å². The van der Waals surface area contributed by atoms with Gasteiger partial charge in [0, 0.05) is 0 Å². The van der Waals surface area contributed by atoms with Crippen LogP contribution in [0.1, 0.15) is 48.0 Å². The lowest BCUT2D eigenvalue weighted by molar-refractivity contribution is -0.144. The van der Waals surface area contributed by atoms with E-state index < -0.39 is 134 Å². The van der Waals surface area contributed by atoms with Gasteiger partial charge in [-0.2, -0.15) is 0 Å². The fraction of sp³-hybridized carbons (Fsp3) is 0.700. The molecule has 0 aliphatic rings. The van der Waals surface area contributed by atoms with Crippen molar-refractivity contribution in [3.05, 3.63) is 0 Å². The van der Waals surface area contributed by atoms with Crippen molar-refractivity contribution in [2.75, 3.05) is 26.2 Å². The molecule has 0 aliphatic heterocycles. The third kappa shape index (κ3) is 18.9. The number of rotatable bonds is 23. The molecule has 15 N–H and O–H groups in total. The standard InChI is InChI=1S/C30H53N9O14/c1-12(2)7-17(36-18(44)8-34-28(50)23(14(4)41)38-20(46)10-33-27(49)22(31)13(3)40)26(48)32-9-19(45)37-24(15(5)42)29(51)35-11-21(47)39-25(16(6)43)30(52)53/h12-17,22-25,40-43H,7-11,31H2,1-6H3,(H,32,48)(H,33,49)(H,34,50)(H,35,51)(H,36,44)(H,37,45)(H,38,46)(H,39,47)(H,52,53)/t13-,14-,15-,16-,17+,22+,23+,24+,25+/m1/s1. The van der Waals surface area contributed by atoms with Crippen LogP contribution >= 0.6 is 0 Å². The Balaban J connectivity index is 5.18. The van der Waals surface area contributed by atoms with Crippen LogP contribution in [0.3, 0.4) is 0 Å². The SMILES string of the molecule is CC(C)C[C@H](NC(=O)CNC(=O)[C@@H](NC(=O)CNC(=O)[C@@H](N)[C@@H](C)O)[C@@H](C)O)C(=O)NCC(=O)N[C@H](C(=O)NCC(=O)N[C@H](C(=O)O)[C@@H](C)O)[C@@H](C)O. The molecule has 0 heterocycles. The number of carbonyl (C=O) groups is 9. The van der Waals surface area contributed by atoms with Gasteiger partial charge in [-0.1, -0.05) is 13.8 Å². The number of aliphatic hydroxyl groups excluding tert-OH is 4. The number of nitrogens with two attached hydrogens (primary N) is 1. The van der Waals surface area contributed by atoms with E-state index in [1.54, 1.807) is 13.8 Å². The van der Waals surface area contributed by atoms with Crippen molar-refractivity contribution < 1.29 is 68.7 Å². The predicted molar refractivity (Wildman–Crippen MR) is 182 cm³/mol. The van der Waals surface area contributed by atoms with Crippen LogP contribution in [0, 0.1) is 5.92 Å². The second-order valence-corrected chi connectivity index (χ2v) is 12.6. The van der Waals surface area contributed by atoms with Crippen LogP contribution in [0.2, 0.25) is 0 Å². The molecule has 302 valence electrons. The summed E-state index contributed by atoms with van der Waals surface area (Å²) in [6, 6.07) is -7.36. The second-order valence-electron chi connectivity index (χ2n) is 12.6. The first-order chi connectivity index (χ1) is 24.5. The zero-order valence-corrected chi connectivity index (χ0v) is 30.3. The van der Waals surface area contributed by atoms with E-state index in [1.165, 1.54) is 13.8 Å². The molecule has 0 spiro atoms. The Morgan fingerprint density at radius 1 is 0.472 bits per heavy atom. The normalized spacial score (nSPS) is 16.1. The highest BCUT2D eigenvalue weighted by Crippen LogP contribution is 2.05. The van der Waals surface area contributed by atoms with Gasteiger partial charge in [-0.3, -0.25) is 38.4 Å². The summed E-state index contributed by atoms with van der Waals surface area (Å²) in [6.07, 6.45) is -5.52. The first-order valence-electron chi connectivity index (χ1n) is 16.5. The van der Waals surface area contributed by atoms with Crippen molar-refractivity contribution in [3.63, 3.8) is 0 Å². The van der Waals surface area contributed by atoms with Gasteiger partial charge in [0.2, 0.25) is 47.3 Å². The number of hydrogen-bond donors (Lipinski definition) is 14. The number of amides is 8. The summed E-state index contributed by atoms with van der Waals surface area (Å²) in [5, 5.41) is 65.4. The summed E-state index contributed by atoms with van der Waals surface area (Å²) < 4.78 is 0. The Kier molecular flexibility index (Phi) is 21.4. The Morgan fingerprint density at radius 2 is 0.792 bits per heavy atom. The number of aliphatic carboxylic acids is 1. The van der Waals surface area contributed by atoms with Gasteiger partial charge in [0.15, 0.2) is 6.04 Å². The van der Waals surface area contributed by atoms with Crippen molar-refractivity contribution in [1.29, 1.82) is 0 Å². The number of carbonyl (C=O) groups excluding carboxylic acids is 8. The highest BCUT2D eigenvalue weighted by Gasteiger charge is 2.30. The van der Waals surface area contributed by atoms with Crippen molar-refractivity contribution in [2.45, 2.75) is 103 Å². The zero-order valence-electron chi connectivity index (χ0n) is 30.3. The smallest absolute Gasteiger partial charge is 0.328 e. The fourth-order valence-corrected chi connectivity index (χ4v) is 4.17. The number of carboxylic acid groups (broad SMARTS) is 1. The van der Waals surface area contributed by atoms with Crippen LogP contribution in [-0.2, 0) is 43.2 Å². The molecule has 0 saturated heterocycles. The summed E-state index contributed by atoms with van der Waals surface area (Å²) >= 11 is 0. The largest absolute Gasteiger partial charge is 0.480 e. The van der Waals surface area contributed by atoms with Gasteiger partial charge in [0.25, 0.3) is 0 Å². The van der Waals surface area contributed by atoms with E-state index in [4.69, 9.17) is 10.8 Å². The number of hydrogen-bond acceptors (Lipinski definition) is 14. The van der Waals surface area contributed by atoms with E-state index in [2.05, 4.69) is 37.2 Å². The van der Waals surface area contributed by atoms with Gasteiger partial charge in [-0.05, 0) is 40.0 Å². The van der Waals surface area contributed by atoms with E-state index in [0.29, 0.717) is 0 Å². The molecule has 53 heavy (non-hydrogen) atoms. The minimum Gasteiger partial charge on any atom is -0.480 e. The van der Waals surface area contributed by atoms with E-state index in [0.717, 1.165) is 13.8 Å². The van der Waals surface area contributed by atoms with Crippen molar-refractivity contribution in [2.24, 2.45) is 11.7 Å². The first kappa shape index (κ1) is 48.0.